The third kappa shape index (κ3) is 6.92. The third-order valence-electron chi connectivity index (χ3n) is 6.36. The van der Waals surface area contributed by atoms with Crippen molar-refractivity contribution in [1.82, 2.24) is 0 Å². The maximum absolute atomic E-state index is 13.9. The van der Waals surface area contributed by atoms with Crippen LogP contribution in [0.2, 0.25) is 0 Å². The molecule has 0 bridgehead atoms. The predicted octanol–water partition coefficient (Wildman–Crippen LogP) is 6.02. The van der Waals surface area contributed by atoms with E-state index in [2.05, 4.69) is 0 Å². The number of Topliss-reactive ketones (excluding diaryl/α,β-unsaturated/α-hetero) is 1. The molecule has 40 heavy (non-hydrogen) atoms. The molecule has 9 heteroatoms. The van der Waals surface area contributed by atoms with Gasteiger partial charge in [-0.3, -0.25) is 13.2 Å². The molecular formula is C31H30O7S2. The molecule has 0 aliphatic carbocycles. The van der Waals surface area contributed by atoms with E-state index in [1.807, 2.05) is 20.8 Å². The van der Waals surface area contributed by atoms with Gasteiger partial charge in [0, 0.05) is 5.56 Å². The van der Waals surface area contributed by atoms with Gasteiger partial charge in [0.1, 0.15) is 6.10 Å². The summed E-state index contributed by atoms with van der Waals surface area (Å²) in [6, 6.07) is 25.0. The van der Waals surface area contributed by atoms with Gasteiger partial charge in [0.2, 0.25) is 0 Å². The molecule has 7 nitrogen and oxygen atoms in total. The van der Waals surface area contributed by atoms with Gasteiger partial charge in [-0.25, -0.2) is 0 Å². The number of benzene rings is 4. The van der Waals surface area contributed by atoms with Crippen molar-refractivity contribution in [2.24, 2.45) is 0 Å². The van der Waals surface area contributed by atoms with Crippen molar-refractivity contribution in [2.45, 2.75) is 49.7 Å². The zero-order chi connectivity index (χ0) is 29.1. The summed E-state index contributed by atoms with van der Waals surface area (Å²) in [6.45, 7) is 7.30. The molecule has 0 saturated carbocycles. The maximum atomic E-state index is 13.9. The lowest BCUT2D eigenvalue weighted by Crippen LogP contribution is -2.36. The summed E-state index contributed by atoms with van der Waals surface area (Å²) in [5.41, 5.74) is 3.83. The summed E-state index contributed by atoms with van der Waals surface area (Å²) >= 11 is 0. The van der Waals surface area contributed by atoms with Crippen LogP contribution in [-0.4, -0.2) is 28.7 Å². The third-order valence-corrected chi connectivity index (χ3v) is 8.98. The molecule has 4 aromatic carbocycles. The first kappa shape index (κ1) is 29.4. The number of hydrogen-bond acceptors (Lipinski definition) is 7. The lowest BCUT2D eigenvalue weighted by molar-refractivity contribution is 0.0460. The highest BCUT2D eigenvalue weighted by Crippen LogP contribution is 2.33. The molecule has 2 unspecified atom stereocenters. The van der Waals surface area contributed by atoms with Crippen LogP contribution in [0.15, 0.2) is 107 Å². The van der Waals surface area contributed by atoms with Crippen LogP contribution < -0.4 is 0 Å². The number of carbonyl (C=O) groups excluding carboxylic acids is 1. The number of carbonyl (C=O) groups is 1. The fourth-order valence-electron chi connectivity index (χ4n) is 3.94. The number of rotatable bonds is 10. The van der Waals surface area contributed by atoms with Gasteiger partial charge in [0.15, 0.2) is 11.9 Å². The normalized spacial score (nSPS) is 13.5. The second-order valence-electron chi connectivity index (χ2n) is 9.71. The van der Waals surface area contributed by atoms with E-state index in [0.29, 0.717) is 0 Å². The van der Waals surface area contributed by atoms with Crippen LogP contribution in [0.4, 0.5) is 0 Å². The molecule has 0 fully saturated rings. The molecule has 0 radical (unpaired) electrons. The Kier molecular flexibility index (Phi) is 8.70. The first-order valence-corrected chi connectivity index (χ1v) is 15.3. The van der Waals surface area contributed by atoms with Crippen LogP contribution in [0, 0.1) is 27.7 Å². The SMILES string of the molecule is Cc1ccc(C(=O)C(OS(=O)(=O)c2ccc(C)cc2)C(OS(=O)(=O)c2ccc(C)cc2)c2ccc(C)cc2)cc1. The van der Waals surface area contributed by atoms with Crippen molar-refractivity contribution in [3.05, 3.63) is 130 Å². The Morgan fingerprint density at radius 3 is 1.30 bits per heavy atom. The van der Waals surface area contributed by atoms with E-state index in [0.717, 1.165) is 22.3 Å². The summed E-state index contributed by atoms with van der Waals surface area (Å²) in [6.07, 6.45) is -3.49. The molecule has 0 aliphatic heterocycles. The molecule has 0 aromatic heterocycles. The molecule has 0 saturated heterocycles. The minimum Gasteiger partial charge on any atom is -0.291 e. The summed E-state index contributed by atoms with van der Waals surface area (Å²) in [5, 5.41) is 0. The summed E-state index contributed by atoms with van der Waals surface area (Å²) in [4.78, 5) is 13.6. The van der Waals surface area contributed by atoms with E-state index in [-0.39, 0.29) is 20.9 Å². The van der Waals surface area contributed by atoms with Gasteiger partial charge >= 0.3 is 0 Å². The van der Waals surface area contributed by atoms with Gasteiger partial charge < -0.3 is 0 Å². The van der Waals surface area contributed by atoms with Crippen molar-refractivity contribution >= 4 is 26.0 Å². The highest BCUT2D eigenvalue weighted by molar-refractivity contribution is 7.87. The average molecular weight is 579 g/mol. The Balaban J connectivity index is 1.86. The zero-order valence-corrected chi connectivity index (χ0v) is 24.2. The first-order valence-electron chi connectivity index (χ1n) is 12.5. The zero-order valence-electron chi connectivity index (χ0n) is 22.6. The number of hydrogen-bond donors (Lipinski definition) is 0. The minimum absolute atomic E-state index is 0.141. The second-order valence-corrected chi connectivity index (χ2v) is 12.9. The molecule has 0 spiro atoms. The largest absolute Gasteiger partial charge is 0.297 e. The van der Waals surface area contributed by atoms with Crippen molar-refractivity contribution in [2.75, 3.05) is 0 Å². The Labute approximate surface area is 235 Å². The monoisotopic (exact) mass is 578 g/mol. The smallest absolute Gasteiger partial charge is 0.291 e. The average Bonchev–Trinajstić information content (AvgIpc) is 2.92. The summed E-state index contributed by atoms with van der Waals surface area (Å²) in [5.74, 6) is -0.750. The van der Waals surface area contributed by atoms with Crippen molar-refractivity contribution in [3.8, 4) is 0 Å². The van der Waals surface area contributed by atoms with Crippen LogP contribution in [-0.2, 0) is 28.6 Å². The van der Waals surface area contributed by atoms with Gasteiger partial charge in [-0.2, -0.15) is 16.8 Å². The van der Waals surface area contributed by atoms with Gasteiger partial charge in [-0.05, 0) is 57.5 Å². The van der Waals surface area contributed by atoms with Gasteiger partial charge in [-0.15, -0.1) is 0 Å². The van der Waals surface area contributed by atoms with Gasteiger partial charge in [0.05, 0.1) is 9.79 Å². The molecule has 4 rings (SSSR count). The lowest BCUT2D eigenvalue weighted by atomic mass is 9.96. The Hall–Kier alpha value is -3.63. The second kappa shape index (κ2) is 11.9. The van der Waals surface area contributed by atoms with E-state index in [1.165, 1.54) is 36.4 Å². The number of ketones is 1. The molecule has 208 valence electrons. The van der Waals surface area contributed by atoms with Crippen LogP contribution in [0.5, 0.6) is 0 Å². The van der Waals surface area contributed by atoms with Crippen molar-refractivity contribution in [3.63, 3.8) is 0 Å². The summed E-state index contributed by atoms with van der Waals surface area (Å²) in [7, 11) is -8.97. The fraction of sp³-hybridized carbons (Fsp3) is 0.194. The highest BCUT2D eigenvalue weighted by Gasteiger charge is 2.40. The standard InChI is InChI=1S/C31H30O7S2/c1-21-5-13-25(14-6-21)29(32)31(38-40(35,36)28-19-11-24(4)12-20-28)30(26-15-7-22(2)8-16-26)37-39(33,34)27-17-9-23(3)10-18-27/h5-20,30-31H,1-4H3. The molecule has 4 aromatic rings. The van der Waals surface area contributed by atoms with Crippen LogP contribution >= 0.6 is 0 Å². The number of aryl methyl sites for hydroxylation is 4. The molecule has 0 heterocycles. The van der Waals surface area contributed by atoms with Crippen LogP contribution in [0.3, 0.4) is 0 Å². The summed E-state index contributed by atoms with van der Waals surface area (Å²) < 4.78 is 65.0. The highest BCUT2D eigenvalue weighted by atomic mass is 32.2. The van der Waals surface area contributed by atoms with Crippen LogP contribution in [0.1, 0.15) is 44.3 Å². The maximum Gasteiger partial charge on any atom is 0.297 e. The van der Waals surface area contributed by atoms with E-state index >= 15 is 0 Å². The molecular weight excluding hydrogens is 548 g/mol. The fourth-order valence-corrected chi connectivity index (χ4v) is 6.05. The Morgan fingerprint density at radius 2 is 0.875 bits per heavy atom. The van der Waals surface area contributed by atoms with E-state index in [1.54, 1.807) is 67.6 Å². The Morgan fingerprint density at radius 1 is 0.525 bits per heavy atom. The quantitative estimate of drug-likeness (QED) is 0.167. The van der Waals surface area contributed by atoms with E-state index < -0.39 is 38.2 Å². The molecule has 0 amide bonds. The molecule has 0 N–H and O–H groups in total. The van der Waals surface area contributed by atoms with Crippen LogP contribution in [0.25, 0.3) is 0 Å². The molecule has 2 atom stereocenters. The topological polar surface area (TPSA) is 104 Å². The van der Waals surface area contributed by atoms with E-state index in [9.17, 15) is 21.6 Å². The lowest BCUT2D eigenvalue weighted by Gasteiger charge is -2.26. The van der Waals surface area contributed by atoms with Gasteiger partial charge in [0.25, 0.3) is 20.2 Å². The van der Waals surface area contributed by atoms with Crippen molar-refractivity contribution in [1.29, 1.82) is 0 Å². The minimum atomic E-state index is -4.52. The predicted molar refractivity (Wildman–Crippen MR) is 152 cm³/mol. The first-order chi connectivity index (χ1) is 18.9. The van der Waals surface area contributed by atoms with Gasteiger partial charge in [-0.1, -0.05) is 95.1 Å². The van der Waals surface area contributed by atoms with E-state index in [4.69, 9.17) is 8.37 Å². The van der Waals surface area contributed by atoms with Crippen molar-refractivity contribution < 1.29 is 30.0 Å². The molecule has 0 aliphatic rings. The Bertz CT molecular complexity index is 1690.